The van der Waals surface area contributed by atoms with E-state index in [1.807, 2.05) is 5.40 Å². The molecule has 0 aliphatic carbocycles. The summed E-state index contributed by atoms with van der Waals surface area (Å²) in [5, 5.41) is 10.4. The average molecular weight is 250 g/mol. The summed E-state index contributed by atoms with van der Waals surface area (Å²) in [6.45, 7) is 5.43. The summed E-state index contributed by atoms with van der Waals surface area (Å²) in [6, 6.07) is 0. The van der Waals surface area contributed by atoms with E-state index >= 15 is 0 Å². The van der Waals surface area contributed by atoms with E-state index < -0.39 is 7.60 Å². The van der Waals surface area contributed by atoms with Gasteiger partial charge in [0.1, 0.15) is 10.0 Å². The maximum absolute atomic E-state index is 12.2. The summed E-state index contributed by atoms with van der Waals surface area (Å²) in [6.07, 6.45) is 0. The monoisotopic (exact) mass is 250 g/mol. The van der Waals surface area contributed by atoms with Gasteiger partial charge in [-0.3, -0.25) is 4.57 Å². The van der Waals surface area contributed by atoms with Crippen molar-refractivity contribution >= 4 is 19.4 Å². The highest BCUT2D eigenvalue weighted by molar-refractivity contribution is 8.13. The van der Waals surface area contributed by atoms with Crippen molar-refractivity contribution in [2.45, 2.75) is 20.8 Å². The van der Waals surface area contributed by atoms with Crippen LogP contribution in [0.3, 0.4) is 0 Å². The van der Waals surface area contributed by atoms with Crippen LogP contribution in [0.1, 0.15) is 20.8 Å². The Morgan fingerprint density at radius 2 is 1.93 bits per heavy atom. The standard InChI is InChI=1S/C8H15N2O3PS/c1-4-12-14(11,13-5-2)8(7(3)10)15-6-9/h4-5,10H2,1-3H3/b8-7+. The van der Waals surface area contributed by atoms with Crippen molar-refractivity contribution in [1.29, 1.82) is 5.26 Å². The van der Waals surface area contributed by atoms with Gasteiger partial charge in [-0.2, -0.15) is 5.26 Å². The van der Waals surface area contributed by atoms with Gasteiger partial charge in [-0.15, -0.1) is 0 Å². The van der Waals surface area contributed by atoms with Gasteiger partial charge in [-0.25, -0.2) is 0 Å². The molecule has 0 spiro atoms. The van der Waals surface area contributed by atoms with Crippen molar-refractivity contribution in [2.24, 2.45) is 5.73 Å². The first-order valence-corrected chi connectivity index (χ1v) is 6.79. The van der Waals surface area contributed by atoms with Gasteiger partial charge in [0.05, 0.1) is 13.2 Å². The number of nitrogens with zero attached hydrogens (tertiary/aromatic N) is 1. The van der Waals surface area contributed by atoms with Crippen molar-refractivity contribution in [3.05, 3.63) is 10.3 Å². The van der Waals surface area contributed by atoms with E-state index in [4.69, 9.17) is 20.0 Å². The second-order valence-electron chi connectivity index (χ2n) is 2.51. The summed E-state index contributed by atoms with van der Waals surface area (Å²) in [5.74, 6) is 0. The molecule has 15 heavy (non-hydrogen) atoms. The molecular weight excluding hydrogens is 235 g/mol. The van der Waals surface area contributed by atoms with Crippen molar-refractivity contribution in [1.82, 2.24) is 0 Å². The number of thiocyanates is 1. The molecule has 0 aromatic rings. The molecule has 0 aromatic carbocycles. The minimum Gasteiger partial charge on any atom is -0.401 e. The zero-order chi connectivity index (χ0) is 11.9. The second kappa shape index (κ2) is 6.91. The Balaban J connectivity index is 5.12. The van der Waals surface area contributed by atoms with E-state index in [2.05, 4.69) is 0 Å². The maximum atomic E-state index is 12.2. The summed E-state index contributed by atoms with van der Waals surface area (Å²) in [4.78, 5) is 0. The highest BCUT2D eigenvalue weighted by Crippen LogP contribution is 2.60. The van der Waals surface area contributed by atoms with E-state index in [1.165, 1.54) is 0 Å². The zero-order valence-electron chi connectivity index (χ0n) is 9.02. The fourth-order valence-corrected chi connectivity index (χ4v) is 3.44. The third-order valence-corrected chi connectivity index (χ3v) is 4.92. The van der Waals surface area contributed by atoms with Crippen LogP contribution in [0, 0.1) is 10.7 Å². The van der Waals surface area contributed by atoms with Crippen LogP contribution in [0.25, 0.3) is 0 Å². The summed E-state index contributed by atoms with van der Waals surface area (Å²) in [5.41, 5.74) is 5.83. The van der Waals surface area contributed by atoms with Gasteiger partial charge in [0, 0.05) is 17.5 Å². The van der Waals surface area contributed by atoms with Crippen molar-refractivity contribution in [3.8, 4) is 5.40 Å². The number of hydrogen-bond donors (Lipinski definition) is 1. The maximum Gasteiger partial charge on any atom is 0.370 e. The molecule has 86 valence electrons. The smallest absolute Gasteiger partial charge is 0.370 e. The van der Waals surface area contributed by atoms with Gasteiger partial charge < -0.3 is 14.8 Å². The molecule has 0 radical (unpaired) electrons. The van der Waals surface area contributed by atoms with Gasteiger partial charge in [-0.1, -0.05) is 0 Å². The molecule has 0 bridgehead atoms. The first-order valence-electron chi connectivity index (χ1n) is 4.43. The molecule has 0 aliphatic heterocycles. The van der Waals surface area contributed by atoms with E-state index in [9.17, 15) is 4.57 Å². The van der Waals surface area contributed by atoms with Crippen molar-refractivity contribution in [3.63, 3.8) is 0 Å². The number of nitrogens with two attached hydrogens (primary N) is 1. The lowest BCUT2D eigenvalue weighted by Gasteiger charge is -2.18. The average Bonchev–Trinajstić information content (AvgIpc) is 2.14. The van der Waals surface area contributed by atoms with E-state index in [0.717, 1.165) is 11.8 Å². The molecule has 0 unspecified atom stereocenters. The van der Waals surface area contributed by atoms with E-state index in [-0.39, 0.29) is 23.6 Å². The molecule has 0 rings (SSSR count). The molecule has 0 aliphatic rings. The van der Waals surface area contributed by atoms with Crippen molar-refractivity contribution in [2.75, 3.05) is 13.2 Å². The van der Waals surface area contributed by atoms with Gasteiger partial charge in [0.15, 0.2) is 0 Å². The molecule has 0 saturated carbocycles. The molecule has 0 atom stereocenters. The third-order valence-electron chi connectivity index (χ3n) is 1.33. The van der Waals surface area contributed by atoms with Crippen LogP contribution in [0.4, 0.5) is 0 Å². The number of nitriles is 1. The van der Waals surface area contributed by atoms with E-state index in [0.29, 0.717) is 0 Å². The van der Waals surface area contributed by atoms with Crippen molar-refractivity contribution < 1.29 is 13.6 Å². The Morgan fingerprint density at radius 1 is 1.47 bits per heavy atom. The molecule has 0 fully saturated rings. The first-order chi connectivity index (χ1) is 7.01. The number of thioether (sulfide) groups is 1. The molecule has 7 heteroatoms. The minimum atomic E-state index is -3.41. The minimum absolute atomic E-state index is 0.175. The quantitative estimate of drug-likeness (QED) is 0.576. The van der Waals surface area contributed by atoms with Gasteiger partial charge in [0.2, 0.25) is 0 Å². The molecular formula is C8H15N2O3PS. The van der Waals surface area contributed by atoms with E-state index in [1.54, 1.807) is 20.8 Å². The van der Waals surface area contributed by atoms with Crippen LogP contribution in [-0.4, -0.2) is 13.2 Å². The molecule has 5 nitrogen and oxygen atoms in total. The van der Waals surface area contributed by atoms with Crippen LogP contribution in [0.15, 0.2) is 10.3 Å². The van der Waals surface area contributed by atoms with Crippen LogP contribution in [0.5, 0.6) is 0 Å². The Bertz CT molecular complexity index is 310. The predicted octanol–water partition coefficient (Wildman–Crippen LogP) is 2.61. The molecule has 0 saturated heterocycles. The van der Waals surface area contributed by atoms with Crippen LogP contribution >= 0.6 is 19.4 Å². The van der Waals surface area contributed by atoms with Crippen LogP contribution in [-0.2, 0) is 13.6 Å². The predicted molar refractivity (Wildman–Crippen MR) is 60.9 cm³/mol. The Labute approximate surface area is 94.1 Å². The molecule has 0 heterocycles. The zero-order valence-corrected chi connectivity index (χ0v) is 10.7. The van der Waals surface area contributed by atoms with Crippen LogP contribution < -0.4 is 5.73 Å². The molecule has 0 amide bonds. The highest BCUT2D eigenvalue weighted by atomic mass is 32.2. The molecule has 0 aromatic heterocycles. The van der Waals surface area contributed by atoms with Gasteiger partial charge in [0.25, 0.3) is 0 Å². The van der Waals surface area contributed by atoms with Gasteiger partial charge >= 0.3 is 7.60 Å². The molecule has 2 N–H and O–H groups in total. The number of hydrogen-bond acceptors (Lipinski definition) is 6. The lowest BCUT2D eigenvalue weighted by molar-refractivity contribution is 0.228. The number of allylic oxidation sites excluding steroid dienone is 1. The Morgan fingerprint density at radius 3 is 2.20 bits per heavy atom. The Kier molecular flexibility index (Phi) is 6.70. The SMILES string of the molecule is CCOP(=O)(OCC)/C(SC#N)=C(/C)N. The normalized spacial score (nSPS) is 13.2. The first kappa shape index (κ1) is 14.5. The topological polar surface area (TPSA) is 85.3 Å². The largest absolute Gasteiger partial charge is 0.401 e. The fourth-order valence-electron chi connectivity index (χ4n) is 0.890. The highest BCUT2D eigenvalue weighted by Gasteiger charge is 2.31. The third kappa shape index (κ3) is 4.27. The lowest BCUT2D eigenvalue weighted by atomic mass is 10.6. The van der Waals surface area contributed by atoms with Gasteiger partial charge in [-0.05, 0) is 20.8 Å². The lowest BCUT2D eigenvalue weighted by Crippen LogP contribution is -2.02. The summed E-state index contributed by atoms with van der Waals surface area (Å²) in [7, 11) is -3.41. The number of rotatable bonds is 6. The summed E-state index contributed by atoms with van der Waals surface area (Å²) >= 11 is 0.718. The fraction of sp³-hybridized carbons (Fsp3) is 0.625. The van der Waals surface area contributed by atoms with Crippen LogP contribution in [0.2, 0.25) is 0 Å². The second-order valence-corrected chi connectivity index (χ2v) is 5.57. The summed E-state index contributed by atoms with van der Waals surface area (Å²) < 4.78 is 22.5. The Hall–Kier alpha value is -0.470.